The third kappa shape index (κ3) is 4.59. The van der Waals surface area contributed by atoms with E-state index in [1.54, 1.807) is 49.4 Å². The lowest BCUT2D eigenvalue weighted by molar-refractivity contribution is -0.122. The predicted octanol–water partition coefficient (Wildman–Crippen LogP) is 2.17. The minimum absolute atomic E-state index is 0.191. The van der Waals surface area contributed by atoms with E-state index in [1.165, 1.54) is 0 Å². The number of carbonyl (C=O) groups excluding carboxylic acids is 3. The Kier molecular flexibility index (Phi) is 5.78. The summed E-state index contributed by atoms with van der Waals surface area (Å²) < 4.78 is 10.8. The fraction of sp³-hybridized carbons (Fsp3) is 0.250. The fourth-order valence-electron chi connectivity index (χ4n) is 2.62. The maximum atomic E-state index is 12.1. The van der Waals surface area contributed by atoms with Gasteiger partial charge < -0.3 is 25.4 Å². The Labute approximate surface area is 162 Å². The van der Waals surface area contributed by atoms with E-state index in [0.29, 0.717) is 35.0 Å². The van der Waals surface area contributed by atoms with Crippen LogP contribution < -0.4 is 25.4 Å². The van der Waals surface area contributed by atoms with E-state index in [4.69, 9.17) is 9.47 Å². The lowest BCUT2D eigenvalue weighted by Gasteiger charge is -2.23. The molecule has 28 heavy (non-hydrogen) atoms. The lowest BCUT2D eigenvalue weighted by Crippen LogP contribution is -2.34. The van der Waals surface area contributed by atoms with Crippen LogP contribution in [-0.2, 0) is 9.59 Å². The molecule has 8 heteroatoms. The van der Waals surface area contributed by atoms with Crippen molar-refractivity contribution in [1.29, 1.82) is 0 Å². The van der Waals surface area contributed by atoms with Crippen LogP contribution in [0.2, 0.25) is 0 Å². The van der Waals surface area contributed by atoms with Crippen molar-refractivity contribution >= 4 is 29.1 Å². The maximum absolute atomic E-state index is 12.1. The van der Waals surface area contributed by atoms with Crippen molar-refractivity contribution in [2.45, 2.75) is 20.0 Å². The van der Waals surface area contributed by atoms with E-state index in [1.807, 2.05) is 6.92 Å². The zero-order valence-electron chi connectivity index (χ0n) is 15.6. The molecule has 1 aliphatic heterocycles. The van der Waals surface area contributed by atoms with E-state index >= 15 is 0 Å². The van der Waals surface area contributed by atoms with E-state index in [0.717, 1.165) is 0 Å². The highest BCUT2D eigenvalue weighted by Gasteiger charge is 2.23. The molecule has 3 rings (SSSR count). The van der Waals surface area contributed by atoms with E-state index < -0.39 is 12.0 Å². The van der Waals surface area contributed by atoms with Crippen LogP contribution in [0.3, 0.4) is 0 Å². The lowest BCUT2D eigenvalue weighted by atomic mass is 10.2. The topological polar surface area (TPSA) is 106 Å². The molecule has 3 amide bonds. The van der Waals surface area contributed by atoms with Gasteiger partial charge in [0.2, 0.25) is 5.91 Å². The summed E-state index contributed by atoms with van der Waals surface area (Å²) in [5, 5.41) is 7.94. The Bertz CT molecular complexity index is 895. The molecule has 8 nitrogen and oxygen atoms in total. The molecular formula is C20H21N3O5. The molecule has 0 aliphatic carbocycles. The molecule has 0 unspecified atom stereocenters. The molecule has 0 bridgehead atoms. The van der Waals surface area contributed by atoms with E-state index in [-0.39, 0.29) is 18.4 Å². The summed E-state index contributed by atoms with van der Waals surface area (Å²) in [7, 11) is 0. The minimum Gasteiger partial charge on any atom is -0.494 e. The number of hydrogen-bond donors (Lipinski definition) is 3. The quantitative estimate of drug-likeness (QED) is 0.709. The van der Waals surface area contributed by atoms with Gasteiger partial charge in [0.1, 0.15) is 11.5 Å². The monoisotopic (exact) mass is 383 g/mol. The van der Waals surface area contributed by atoms with Crippen molar-refractivity contribution in [2.75, 3.05) is 23.8 Å². The van der Waals surface area contributed by atoms with Gasteiger partial charge in [-0.2, -0.15) is 0 Å². The molecule has 0 spiro atoms. The summed E-state index contributed by atoms with van der Waals surface area (Å²) in [6.07, 6.45) is -0.564. The second-order valence-corrected chi connectivity index (χ2v) is 6.15. The number of benzene rings is 2. The Morgan fingerprint density at radius 2 is 1.93 bits per heavy atom. The highest BCUT2D eigenvalue weighted by Crippen LogP contribution is 2.32. The zero-order valence-corrected chi connectivity index (χ0v) is 15.6. The summed E-state index contributed by atoms with van der Waals surface area (Å²) in [4.78, 5) is 35.9. The molecule has 3 N–H and O–H groups in total. The van der Waals surface area contributed by atoms with Gasteiger partial charge in [-0.05, 0) is 56.3 Å². The number of fused-ring (bicyclic) bond motifs is 1. The number of hydrogen-bond acceptors (Lipinski definition) is 5. The number of ether oxygens (including phenoxy) is 2. The van der Waals surface area contributed by atoms with Gasteiger partial charge >= 0.3 is 0 Å². The summed E-state index contributed by atoms with van der Waals surface area (Å²) >= 11 is 0. The van der Waals surface area contributed by atoms with Crippen LogP contribution >= 0.6 is 0 Å². The standard InChI is InChI=1S/C20H21N3O5/c1-3-27-15-7-4-13(5-8-15)20(26)21-11-18(24)22-14-6-9-17-16(10-14)23-19(25)12(2)28-17/h4-10,12H,3,11H2,1-2H3,(H,21,26)(H,22,24)(H,23,25)/t12-/m0/s1. The van der Waals surface area contributed by atoms with Crippen LogP contribution in [0.4, 0.5) is 11.4 Å². The first kappa shape index (κ1) is 19.2. The third-order valence-corrected chi connectivity index (χ3v) is 4.03. The number of nitrogens with one attached hydrogen (secondary N) is 3. The van der Waals surface area contributed by atoms with Crippen molar-refractivity contribution in [3.05, 3.63) is 48.0 Å². The number of carbonyl (C=O) groups is 3. The molecule has 1 atom stereocenters. The van der Waals surface area contributed by atoms with Gasteiger partial charge in [-0.1, -0.05) is 0 Å². The average Bonchev–Trinajstić information content (AvgIpc) is 2.68. The van der Waals surface area contributed by atoms with Crippen LogP contribution in [0.15, 0.2) is 42.5 Å². The Hall–Kier alpha value is -3.55. The smallest absolute Gasteiger partial charge is 0.265 e. The normalized spacial score (nSPS) is 14.9. The van der Waals surface area contributed by atoms with Crippen molar-refractivity contribution in [2.24, 2.45) is 0 Å². The first-order valence-electron chi connectivity index (χ1n) is 8.88. The van der Waals surface area contributed by atoms with E-state index in [9.17, 15) is 14.4 Å². The minimum atomic E-state index is -0.564. The predicted molar refractivity (Wildman–Crippen MR) is 104 cm³/mol. The molecule has 0 saturated heterocycles. The van der Waals surface area contributed by atoms with Crippen LogP contribution in [0, 0.1) is 0 Å². The Morgan fingerprint density at radius 3 is 2.64 bits per heavy atom. The Balaban J connectivity index is 1.53. The summed E-state index contributed by atoms with van der Waals surface area (Å²) in [5.41, 5.74) is 1.40. The molecular weight excluding hydrogens is 362 g/mol. The van der Waals surface area contributed by atoms with Crippen LogP contribution in [0.1, 0.15) is 24.2 Å². The zero-order chi connectivity index (χ0) is 20.1. The number of rotatable bonds is 6. The van der Waals surface area contributed by atoms with Gasteiger partial charge in [-0.15, -0.1) is 0 Å². The van der Waals surface area contributed by atoms with Crippen molar-refractivity contribution < 1.29 is 23.9 Å². The molecule has 1 heterocycles. The van der Waals surface area contributed by atoms with Gasteiger partial charge in [0.25, 0.3) is 11.8 Å². The summed E-state index contributed by atoms with van der Waals surface area (Å²) in [5.74, 6) is 0.205. The average molecular weight is 383 g/mol. The second-order valence-electron chi connectivity index (χ2n) is 6.15. The third-order valence-electron chi connectivity index (χ3n) is 4.03. The highest BCUT2D eigenvalue weighted by atomic mass is 16.5. The van der Waals surface area contributed by atoms with Crippen molar-refractivity contribution in [1.82, 2.24) is 5.32 Å². The van der Waals surface area contributed by atoms with Crippen LogP contribution in [-0.4, -0.2) is 37.0 Å². The summed E-state index contributed by atoms with van der Waals surface area (Å²) in [6.45, 7) is 3.89. The van der Waals surface area contributed by atoms with Gasteiger partial charge in [0.15, 0.2) is 6.10 Å². The summed E-state index contributed by atoms with van der Waals surface area (Å²) in [6, 6.07) is 11.6. The van der Waals surface area contributed by atoms with Gasteiger partial charge in [-0.25, -0.2) is 0 Å². The van der Waals surface area contributed by atoms with Gasteiger partial charge in [-0.3, -0.25) is 14.4 Å². The fourth-order valence-corrected chi connectivity index (χ4v) is 2.62. The molecule has 2 aromatic carbocycles. The first-order valence-corrected chi connectivity index (χ1v) is 8.88. The van der Waals surface area contributed by atoms with Crippen molar-refractivity contribution in [3.63, 3.8) is 0 Å². The molecule has 0 saturated carbocycles. The second kappa shape index (κ2) is 8.43. The molecule has 1 aliphatic rings. The molecule has 0 fully saturated rings. The number of anilines is 2. The molecule has 146 valence electrons. The Morgan fingerprint density at radius 1 is 1.18 bits per heavy atom. The molecule has 0 aromatic heterocycles. The largest absolute Gasteiger partial charge is 0.494 e. The first-order chi connectivity index (χ1) is 13.5. The molecule has 0 radical (unpaired) electrons. The number of amides is 3. The van der Waals surface area contributed by atoms with Crippen LogP contribution in [0.5, 0.6) is 11.5 Å². The highest BCUT2D eigenvalue weighted by molar-refractivity contribution is 6.01. The van der Waals surface area contributed by atoms with Gasteiger partial charge in [0, 0.05) is 11.3 Å². The maximum Gasteiger partial charge on any atom is 0.265 e. The van der Waals surface area contributed by atoms with Crippen LogP contribution in [0.25, 0.3) is 0 Å². The van der Waals surface area contributed by atoms with Crippen molar-refractivity contribution in [3.8, 4) is 11.5 Å². The molecule has 2 aromatic rings. The van der Waals surface area contributed by atoms with Gasteiger partial charge in [0.05, 0.1) is 18.8 Å². The SMILES string of the molecule is CCOc1ccc(C(=O)NCC(=O)Nc2ccc3c(c2)NC(=O)[C@H](C)O3)cc1. The van der Waals surface area contributed by atoms with E-state index in [2.05, 4.69) is 16.0 Å².